The minimum absolute atomic E-state index is 0.209. The fourth-order valence-electron chi connectivity index (χ4n) is 3.39. The first-order valence-corrected chi connectivity index (χ1v) is 10.0. The van der Waals surface area contributed by atoms with E-state index in [1.807, 2.05) is 18.2 Å². The van der Waals surface area contributed by atoms with Crippen molar-refractivity contribution in [3.05, 3.63) is 53.1 Å². The fraction of sp³-hybridized carbons (Fsp3) is 0.333. The molecule has 0 amide bonds. The summed E-state index contributed by atoms with van der Waals surface area (Å²) in [5.74, 6) is 1.38. The minimum atomic E-state index is -3.60. The molecule has 0 N–H and O–H groups in total. The van der Waals surface area contributed by atoms with Crippen LogP contribution in [0.3, 0.4) is 0 Å². The van der Waals surface area contributed by atoms with Gasteiger partial charge >= 0.3 is 0 Å². The topological polar surface area (TPSA) is 55.8 Å². The Labute approximate surface area is 152 Å². The summed E-state index contributed by atoms with van der Waals surface area (Å²) in [4.78, 5) is 0.226. The Morgan fingerprint density at radius 2 is 1.84 bits per heavy atom. The number of ether oxygens (including phenoxy) is 2. The third-order valence-corrected chi connectivity index (χ3v) is 6.70. The van der Waals surface area contributed by atoms with Gasteiger partial charge in [-0.05, 0) is 48.7 Å². The zero-order valence-electron chi connectivity index (χ0n) is 13.5. The van der Waals surface area contributed by atoms with E-state index in [9.17, 15) is 8.42 Å². The quantitative estimate of drug-likeness (QED) is 0.817. The van der Waals surface area contributed by atoms with Crippen LogP contribution < -0.4 is 9.47 Å². The van der Waals surface area contributed by atoms with E-state index in [0.29, 0.717) is 36.3 Å². The molecule has 2 aromatic rings. The number of sulfonamides is 1. The Morgan fingerprint density at radius 3 is 2.64 bits per heavy atom. The molecule has 0 bridgehead atoms. The van der Waals surface area contributed by atoms with E-state index >= 15 is 0 Å². The molecule has 2 aromatic carbocycles. The summed E-state index contributed by atoms with van der Waals surface area (Å²) in [7, 11) is -3.60. The molecule has 25 heavy (non-hydrogen) atoms. The summed E-state index contributed by atoms with van der Waals surface area (Å²) < 4.78 is 38.9. The van der Waals surface area contributed by atoms with Gasteiger partial charge in [0, 0.05) is 11.6 Å². The van der Waals surface area contributed by atoms with Crippen molar-refractivity contribution in [3.8, 4) is 11.5 Å². The van der Waals surface area contributed by atoms with Crippen molar-refractivity contribution < 1.29 is 17.9 Å². The second-order valence-electron chi connectivity index (χ2n) is 6.13. The third-order valence-electron chi connectivity index (χ3n) is 4.56. The molecule has 1 atom stereocenters. The molecule has 0 aromatic heterocycles. The smallest absolute Gasteiger partial charge is 0.243 e. The Balaban J connectivity index is 1.69. The number of nitrogens with zero attached hydrogens (tertiary/aromatic N) is 1. The van der Waals surface area contributed by atoms with Crippen LogP contribution in [0.5, 0.6) is 11.5 Å². The molecule has 0 saturated carbocycles. The lowest BCUT2D eigenvalue weighted by molar-refractivity contribution is 0.171. The third kappa shape index (κ3) is 3.10. The van der Waals surface area contributed by atoms with Gasteiger partial charge in [-0.3, -0.25) is 0 Å². The van der Waals surface area contributed by atoms with Crippen LogP contribution in [0, 0.1) is 0 Å². The highest BCUT2D eigenvalue weighted by Gasteiger charge is 2.36. The normalized spacial score (nSPS) is 20.6. The SMILES string of the molecule is O=S(=O)(c1cccc(Cl)c1)N1CCCC1c1ccc2c(c1)OCCO2. The maximum Gasteiger partial charge on any atom is 0.243 e. The Kier molecular flexibility index (Phi) is 4.35. The lowest BCUT2D eigenvalue weighted by atomic mass is 10.0. The summed E-state index contributed by atoms with van der Waals surface area (Å²) in [5, 5.41) is 0.413. The second kappa shape index (κ2) is 6.52. The van der Waals surface area contributed by atoms with Gasteiger partial charge in [0.1, 0.15) is 13.2 Å². The van der Waals surface area contributed by atoms with Crippen molar-refractivity contribution in [1.82, 2.24) is 4.31 Å². The Hall–Kier alpha value is -1.76. The zero-order valence-corrected chi connectivity index (χ0v) is 15.1. The monoisotopic (exact) mass is 379 g/mol. The molecular weight excluding hydrogens is 362 g/mol. The van der Waals surface area contributed by atoms with Crippen LogP contribution in [-0.4, -0.2) is 32.5 Å². The number of halogens is 1. The van der Waals surface area contributed by atoms with Crippen molar-refractivity contribution >= 4 is 21.6 Å². The second-order valence-corrected chi connectivity index (χ2v) is 8.46. The van der Waals surface area contributed by atoms with Gasteiger partial charge in [-0.2, -0.15) is 4.31 Å². The molecule has 132 valence electrons. The highest BCUT2D eigenvalue weighted by atomic mass is 35.5. The van der Waals surface area contributed by atoms with Gasteiger partial charge < -0.3 is 9.47 Å². The van der Waals surface area contributed by atoms with E-state index in [1.54, 1.807) is 22.5 Å². The Morgan fingerprint density at radius 1 is 1.04 bits per heavy atom. The average Bonchev–Trinajstić information content (AvgIpc) is 3.12. The molecule has 7 heteroatoms. The highest BCUT2D eigenvalue weighted by molar-refractivity contribution is 7.89. The molecule has 2 aliphatic heterocycles. The average molecular weight is 380 g/mol. The van der Waals surface area contributed by atoms with Crippen molar-refractivity contribution in [3.63, 3.8) is 0 Å². The van der Waals surface area contributed by atoms with Crippen LogP contribution in [0.4, 0.5) is 0 Å². The first-order chi connectivity index (χ1) is 12.1. The standard InChI is InChI=1S/C18H18ClNO4S/c19-14-3-1-4-15(12-14)25(21,22)20-8-2-5-16(20)13-6-7-17-18(11-13)24-10-9-23-17/h1,3-4,6-7,11-12,16H,2,5,8-10H2. The molecule has 1 unspecified atom stereocenters. The lowest BCUT2D eigenvalue weighted by Gasteiger charge is -2.26. The van der Waals surface area contributed by atoms with Crippen LogP contribution in [0.25, 0.3) is 0 Å². The van der Waals surface area contributed by atoms with Gasteiger partial charge in [-0.1, -0.05) is 23.7 Å². The highest BCUT2D eigenvalue weighted by Crippen LogP contribution is 2.40. The van der Waals surface area contributed by atoms with Crippen molar-refractivity contribution in [2.75, 3.05) is 19.8 Å². The van der Waals surface area contributed by atoms with Crippen LogP contribution in [0.2, 0.25) is 5.02 Å². The lowest BCUT2D eigenvalue weighted by Crippen LogP contribution is -2.30. The Bertz CT molecular complexity index is 900. The molecule has 0 spiro atoms. The largest absolute Gasteiger partial charge is 0.486 e. The van der Waals surface area contributed by atoms with Gasteiger partial charge in [-0.25, -0.2) is 8.42 Å². The summed E-state index contributed by atoms with van der Waals surface area (Å²) in [5.41, 5.74) is 0.923. The maximum absolute atomic E-state index is 13.1. The van der Waals surface area contributed by atoms with E-state index < -0.39 is 10.0 Å². The molecule has 0 aliphatic carbocycles. The number of hydrogen-bond donors (Lipinski definition) is 0. The molecular formula is C18H18ClNO4S. The van der Waals surface area contributed by atoms with Crippen LogP contribution in [-0.2, 0) is 10.0 Å². The molecule has 0 radical (unpaired) electrons. The van der Waals surface area contributed by atoms with Gasteiger partial charge in [-0.15, -0.1) is 0 Å². The van der Waals surface area contributed by atoms with Crippen LogP contribution in [0.1, 0.15) is 24.4 Å². The number of fused-ring (bicyclic) bond motifs is 1. The zero-order chi connectivity index (χ0) is 17.4. The van der Waals surface area contributed by atoms with E-state index in [-0.39, 0.29) is 10.9 Å². The minimum Gasteiger partial charge on any atom is -0.486 e. The van der Waals surface area contributed by atoms with E-state index in [4.69, 9.17) is 21.1 Å². The number of benzene rings is 2. The van der Waals surface area contributed by atoms with Crippen molar-refractivity contribution in [1.29, 1.82) is 0 Å². The fourth-order valence-corrected chi connectivity index (χ4v) is 5.37. The molecule has 5 nitrogen and oxygen atoms in total. The molecule has 4 rings (SSSR count). The predicted molar refractivity (Wildman–Crippen MR) is 94.8 cm³/mol. The number of hydrogen-bond acceptors (Lipinski definition) is 4. The van der Waals surface area contributed by atoms with Gasteiger partial charge in [0.2, 0.25) is 10.0 Å². The molecule has 1 saturated heterocycles. The number of rotatable bonds is 3. The molecule has 2 heterocycles. The maximum atomic E-state index is 13.1. The first-order valence-electron chi connectivity index (χ1n) is 8.23. The summed E-state index contributed by atoms with van der Waals surface area (Å²) in [6.45, 7) is 1.53. The molecule has 1 fully saturated rings. The summed E-state index contributed by atoms with van der Waals surface area (Å²) in [6.07, 6.45) is 1.60. The van der Waals surface area contributed by atoms with Gasteiger partial charge in [0.25, 0.3) is 0 Å². The predicted octanol–water partition coefficient (Wildman–Crippen LogP) is 3.64. The van der Waals surface area contributed by atoms with Crippen LogP contribution in [0.15, 0.2) is 47.4 Å². The van der Waals surface area contributed by atoms with Crippen LogP contribution >= 0.6 is 11.6 Å². The van der Waals surface area contributed by atoms with Gasteiger partial charge in [0.15, 0.2) is 11.5 Å². The summed E-state index contributed by atoms with van der Waals surface area (Å²) >= 11 is 5.98. The van der Waals surface area contributed by atoms with E-state index in [2.05, 4.69) is 0 Å². The van der Waals surface area contributed by atoms with E-state index in [0.717, 1.165) is 18.4 Å². The van der Waals surface area contributed by atoms with Gasteiger partial charge in [0.05, 0.1) is 10.9 Å². The summed E-state index contributed by atoms with van der Waals surface area (Å²) in [6, 6.07) is 11.9. The first kappa shape index (κ1) is 16.7. The van der Waals surface area contributed by atoms with E-state index in [1.165, 1.54) is 6.07 Å². The van der Waals surface area contributed by atoms with Crippen molar-refractivity contribution in [2.45, 2.75) is 23.8 Å². The van der Waals surface area contributed by atoms with Crippen molar-refractivity contribution in [2.24, 2.45) is 0 Å². The molecule has 2 aliphatic rings.